The number of rotatable bonds is 17. The van der Waals surface area contributed by atoms with Crippen molar-refractivity contribution in [3.05, 3.63) is 0 Å². The van der Waals surface area contributed by atoms with Crippen LogP contribution in [0.2, 0.25) is 0 Å². The van der Waals surface area contributed by atoms with Gasteiger partial charge < -0.3 is 50.1 Å². The molecule has 0 saturated carbocycles. The van der Waals surface area contributed by atoms with E-state index in [1.807, 2.05) is 0 Å². The van der Waals surface area contributed by atoms with Crippen molar-refractivity contribution in [3.8, 4) is 0 Å². The van der Waals surface area contributed by atoms with E-state index < -0.39 is 54.5 Å². The third-order valence-corrected chi connectivity index (χ3v) is 5.24. The standard InChI is InChI=1S/C24H40N4O12/c1-14(29)28-21-23(39-17(4)32)22(38-16(3)31)18(13-37-15(2)30)40-24(21)36-11-10-35-9-8-27-19(33)6-5-7-26-20(34)12-25/h18,21-24H,5-13,25H2,1-4H3,(H,26,34)(H,27,33)(H,28,29)/t18-,21-,22+,23-,24?/m1/s1. The summed E-state index contributed by atoms with van der Waals surface area (Å²) in [6.07, 6.45) is -4.01. The molecule has 0 bridgehead atoms. The number of nitrogens with one attached hydrogen (secondary N) is 3. The fraction of sp³-hybridized carbons (Fsp3) is 0.750. The molecule has 0 radical (unpaired) electrons. The summed E-state index contributed by atoms with van der Waals surface area (Å²) < 4.78 is 32.8. The molecule has 3 amide bonds. The van der Waals surface area contributed by atoms with Crippen LogP contribution in [-0.2, 0) is 57.2 Å². The molecule has 1 aliphatic rings. The number of carbonyl (C=O) groups excluding carboxylic acids is 6. The zero-order valence-corrected chi connectivity index (χ0v) is 23.2. The lowest BCUT2D eigenvalue weighted by molar-refractivity contribution is -0.279. The molecule has 1 unspecified atom stereocenters. The van der Waals surface area contributed by atoms with Crippen molar-refractivity contribution in [3.63, 3.8) is 0 Å². The molecule has 0 aromatic heterocycles. The molecular weight excluding hydrogens is 536 g/mol. The number of esters is 3. The normalized spacial score (nSPS) is 22.0. The van der Waals surface area contributed by atoms with Gasteiger partial charge in [-0.1, -0.05) is 0 Å². The van der Waals surface area contributed by atoms with Gasteiger partial charge in [0, 0.05) is 47.2 Å². The summed E-state index contributed by atoms with van der Waals surface area (Å²) in [4.78, 5) is 69.8. The Labute approximate surface area is 232 Å². The number of amides is 3. The number of carbonyl (C=O) groups is 6. The van der Waals surface area contributed by atoms with Crippen LogP contribution in [0.1, 0.15) is 40.5 Å². The van der Waals surface area contributed by atoms with Crippen LogP contribution in [0, 0.1) is 0 Å². The molecule has 0 spiro atoms. The van der Waals surface area contributed by atoms with E-state index in [1.165, 1.54) is 13.8 Å². The van der Waals surface area contributed by atoms with Crippen LogP contribution >= 0.6 is 0 Å². The van der Waals surface area contributed by atoms with Gasteiger partial charge in [-0.2, -0.15) is 0 Å². The van der Waals surface area contributed by atoms with Crippen LogP contribution in [0.5, 0.6) is 0 Å². The second-order valence-electron chi connectivity index (χ2n) is 8.71. The van der Waals surface area contributed by atoms with Gasteiger partial charge in [-0.25, -0.2) is 0 Å². The first-order valence-corrected chi connectivity index (χ1v) is 12.8. The lowest BCUT2D eigenvalue weighted by Crippen LogP contribution is -2.66. The van der Waals surface area contributed by atoms with E-state index in [-0.39, 0.29) is 57.8 Å². The molecule has 1 heterocycles. The third-order valence-electron chi connectivity index (χ3n) is 5.24. The predicted octanol–water partition coefficient (Wildman–Crippen LogP) is -2.35. The Bertz CT molecular complexity index is 871. The maximum atomic E-state index is 11.9. The quantitative estimate of drug-likeness (QED) is 0.0810. The minimum Gasteiger partial charge on any atom is -0.463 e. The van der Waals surface area contributed by atoms with E-state index >= 15 is 0 Å². The van der Waals surface area contributed by atoms with Crippen LogP contribution in [0.3, 0.4) is 0 Å². The van der Waals surface area contributed by atoms with Gasteiger partial charge in [0.15, 0.2) is 18.5 Å². The highest BCUT2D eigenvalue weighted by Gasteiger charge is 2.51. The largest absolute Gasteiger partial charge is 0.463 e. The molecule has 1 aliphatic heterocycles. The fourth-order valence-corrected chi connectivity index (χ4v) is 3.66. The van der Waals surface area contributed by atoms with Gasteiger partial charge in [0.25, 0.3) is 0 Å². The highest BCUT2D eigenvalue weighted by Crippen LogP contribution is 2.28. The van der Waals surface area contributed by atoms with Crippen molar-refractivity contribution >= 4 is 35.6 Å². The van der Waals surface area contributed by atoms with E-state index in [0.717, 1.165) is 13.8 Å². The third kappa shape index (κ3) is 14.2. The minimum atomic E-state index is -1.22. The van der Waals surface area contributed by atoms with Crippen LogP contribution in [0.4, 0.5) is 0 Å². The SMILES string of the molecule is CC(=O)N[C@H]1C(OCCOCCNC(=O)CCCNC(=O)CN)O[C@H](COC(C)=O)[C@H](OC(C)=O)[C@@H]1OC(C)=O. The van der Waals surface area contributed by atoms with E-state index in [9.17, 15) is 28.8 Å². The van der Waals surface area contributed by atoms with Crippen molar-refractivity contribution in [2.75, 3.05) is 46.1 Å². The Morgan fingerprint density at radius 3 is 2.05 bits per heavy atom. The van der Waals surface area contributed by atoms with E-state index in [4.69, 9.17) is 34.2 Å². The van der Waals surface area contributed by atoms with Gasteiger partial charge in [0.05, 0.1) is 26.4 Å². The summed E-state index contributed by atoms with van der Waals surface area (Å²) in [5, 5.41) is 7.85. The van der Waals surface area contributed by atoms with Crippen molar-refractivity contribution in [2.45, 2.75) is 71.2 Å². The van der Waals surface area contributed by atoms with Gasteiger partial charge in [-0.05, 0) is 6.42 Å². The number of nitrogens with two attached hydrogens (primary N) is 1. The summed E-state index contributed by atoms with van der Waals surface area (Å²) in [6.45, 7) is 5.09. The molecule has 16 heteroatoms. The summed E-state index contributed by atoms with van der Waals surface area (Å²) >= 11 is 0. The minimum absolute atomic E-state index is 0.0269. The van der Waals surface area contributed by atoms with Gasteiger partial charge >= 0.3 is 17.9 Å². The topological polar surface area (TPSA) is 220 Å². The Morgan fingerprint density at radius 2 is 1.45 bits per heavy atom. The Hall–Kier alpha value is -3.34. The zero-order chi connectivity index (χ0) is 30.1. The Kier molecular flexibility index (Phi) is 16.4. The van der Waals surface area contributed by atoms with Crippen molar-refractivity contribution in [1.82, 2.24) is 16.0 Å². The Balaban J connectivity index is 2.67. The number of hydrogen-bond acceptors (Lipinski definition) is 13. The second kappa shape index (κ2) is 18.9. The summed E-state index contributed by atoms with van der Waals surface area (Å²) in [5.41, 5.74) is 5.18. The monoisotopic (exact) mass is 576 g/mol. The maximum absolute atomic E-state index is 11.9. The molecule has 5 N–H and O–H groups in total. The highest BCUT2D eigenvalue weighted by atomic mass is 16.7. The van der Waals surface area contributed by atoms with E-state index in [2.05, 4.69) is 16.0 Å². The summed E-state index contributed by atoms with van der Waals surface area (Å²) in [5.74, 6) is -3.02. The van der Waals surface area contributed by atoms with Crippen molar-refractivity contribution in [2.24, 2.45) is 5.73 Å². The summed E-state index contributed by atoms with van der Waals surface area (Å²) in [7, 11) is 0. The maximum Gasteiger partial charge on any atom is 0.303 e. The van der Waals surface area contributed by atoms with Gasteiger partial charge in [0.1, 0.15) is 18.8 Å². The highest BCUT2D eigenvalue weighted by molar-refractivity contribution is 5.78. The zero-order valence-electron chi connectivity index (χ0n) is 23.2. The van der Waals surface area contributed by atoms with Gasteiger partial charge in [-0.3, -0.25) is 28.8 Å². The van der Waals surface area contributed by atoms with Crippen LogP contribution < -0.4 is 21.7 Å². The molecule has 228 valence electrons. The smallest absolute Gasteiger partial charge is 0.303 e. The Morgan fingerprint density at radius 1 is 0.800 bits per heavy atom. The molecule has 0 aromatic carbocycles. The molecule has 0 aliphatic carbocycles. The van der Waals surface area contributed by atoms with Gasteiger partial charge in [-0.15, -0.1) is 0 Å². The molecule has 16 nitrogen and oxygen atoms in total. The molecular formula is C24H40N4O12. The van der Waals surface area contributed by atoms with E-state index in [0.29, 0.717) is 13.0 Å². The molecule has 1 rings (SSSR count). The lowest BCUT2D eigenvalue weighted by atomic mass is 9.96. The lowest BCUT2D eigenvalue weighted by Gasteiger charge is -2.44. The fourth-order valence-electron chi connectivity index (χ4n) is 3.66. The first-order chi connectivity index (χ1) is 18.9. The second-order valence-corrected chi connectivity index (χ2v) is 8.71. The molecule has 40 heavy (non-hydrogen) atoms. The summed E-state index contributed by atoms with van der Waals surface area (Å²) in [6, 6.07) is -1.08. The van der Waals surface area contributed by atoms with Crippen LogP contribution in [0.25, 0.3) is 0 Å². The van der Waals surface area contributed by atoms with Crippen molar-refractivity contribution in [1.29, 1.82) is 0 Å². The first kappa shape index (κ1) is 34.7. The molecule has 1 fully saturated rings. The van der Waals surface area contributed by atoms with Crippen LogP contribution in [0.15, 0.2) is 0 Å². The van der Waals surface area contributed by atoms with Gasteiger partial charge in [0.2, 0.25) is 17.7 Å². The number of ether oxygens (including phenoxy) is 6. The van der Waals surface area contributed by atoms with Crippen LogP contribution in [-0.4, -0.2) is 112 Å². The van der Waals surface area contributed by atoms with E-state index in [1.54, 1.807) is 0 Å². The molecule has 0 aromatic rings. The first-order valence-electron chi connectivity index (χ1n) is 12.8. The average Bonchev–Trinajstić information content (AvgIpc) is 2.87. The van der Waals surface area contributed by atoms with Crippen molar-refractivity contribution < 1.29 is 57.2 Å². The average molecular weight is 577 g/mol. The predicted molar refractivity (Wildman–Crippen MR) is 135 cm³/mol. The number of hydrogen-bond donors (Lipinski definition) is 4. The molecule has 5 atom stereocenters. The molecule has 1 saturated heterocycles.